The molecule has 0 aliphatic rings. The Kier molecular flexibility index (Phi) is 3.35. The molecule has 0 bridgehead atoms. The molecule has 0 amide bonds. The molecule has 0 unspecified atom stereocenters. The maximum Gasteiger partial charge on any atom is 0.182 e. The van der Waals surface area contributed by atoms with E-state index in [1.165, 1.54) is 7.11 Å². The minimum atomic E-state index is 0.255. The fourth-order valence-corrected chi connectivity index (χ4v) is 1.60. The monoisotopic (exact) mass is 238 g/mol. The van der Waals surface area contributed by atoms with Gasteiger partial charge in [0.25, 0.3) is 0 Å². The van der Waals surface area contributed by atoms with E-state index in [-0.39, 0.29) is 5.69 Å². The van der Waals surface area contributed by atoms with Gasteiger partial charge in [0.15, 0.2) is 11.4 Å². The zero-order valence-corrected chi connectivity index (χ0v) is 9.75. The highest BCUT2D eigenvalue weighted by Crippen LogP contribution is 2.25. The van der Waals surface area contributed by atoms with Crippen molar-refractivity contribution in [2.45, 2.75) is 0 Å². The molecule has 0 spiro atoms. The minimum Gasteiger partial charge on any atom is -0.494 e. The van der Waals surface area contributed by atoms with E-state index >= 15 is 0 Å². The molecule has 0 saturated heterocycles. The van der Waals surface area contributed by atoms with Crippen LogP contribution in [0.2, 0.25) is 0 Å². The number of nitrogens with zero attached hydrogens (tertiary/aromatic N) is 2. The van der Waals surface area contributed by atoms with Gasteiger partial charge in [-0.15, -0.1) is 0 Å². The van der Waals surface area contributed by atoms with Gasteiger partial charge in [0.05, 0.1) is 7.11 Å². The van der Waals surface area contributed by atoms with Crippen LogP contribution in [0.5, 0.6) is 5.75 Å². The molecule has 2 rings (SSSR count). The number of benzene rings is 1. The van der Waals surface area contributed by atoms with Crippen LogP contribution in [-0.4, -0.2) is 18.4 Å². The average Bonchev–Trinajstić information content (AvgIpc) is 2.46. The Morgan fingerprint density at radius 2 is 2.00 bits per heavy atom. The van der Waals surface area contributed by atoms with Gasteiger partial charge >= 0.3 is 0 Å². The summed E-state index contributed by atoms with van der Waals surface area (Å²) in [7, 11) is 1.50. The second kappa shape index (κ2) is 5.11. The molecule has 4 heteroatoms. The molecule has 1 heterocycles. The van der Waals surface area contributed by atoms with Gasteiger partial charge in [-0.05, 0) is 11.6 Å². The van der Waals surface area contributed by atoms with Crippen molar-refractivity contribution in [3.8, 4) is 22.9 Å². The smallest absolute Gasteiger partial charge is 0.182 e. The third-order valence-corrected chi connectivity index (χ3v) is 2.56. The molecule has 0 aliphatic heterocycles. The van der Waals surface area contributed by atoms with E-state index in [0.717, 1.165) is 17.4 Å². The topological polar surface area (TPSA) is 63.0 Å². The quantitative estimate of drug-likeness (QED) is 0.770. The zero-order valence-electron chi connectivity index (χ0n) is 9.75. The molecule has 0 N–H and O–H groups in total. The summed E-state index contributed by atoms with van der Waals surface area (Å²) in [5.74, 6) is 0.439. The van der Waals surface area contributed by atoms with Crippen molar-refractivity contribution in [1.82, 2.24) is 4.98 Å². The minimum absolute atomic E-state index is 0.255. The number of pyridine rings is 1. The van der Waals surface area contributed by atoms with Crippen LogP contribution in [0.1, 0.15) is 16.1 Å². The van der Waals surface area contributed by atoms with Gasteiger partial charge in [-0.3, -0.25) is 4.79 Å². The van der Waals surface area contributed by atoms with Gasteiger partial charge in [0, 0.05) is 17.3 Å². The standard InChI is InChI=1S/C14H10N2O2/c1-18-14-6-12(8-16-13(14)7-15)11-4-2-10(9-17)3-5-11/h2-6,8-9H,1H3. The molecule has 88 valence electrons. The van der Waals surface area contributed by atoms with Crippen LogP contribution in [0, 0.1) is 11.3 Å². The Balaban J connectivity index is 2.44. The van der Waals surface area contributed by atoms with Crippen molar-refractivity contribution >= 4 is 6.29 Å². The number of ether oxygens (including phenoxy) is 1. The maximum absolute atomic E-state index is 10.6. The SMILES string of the molecule is COc1cc(-c2ccc(C=O)cc2)cnc1C#N. The van der Waals surface area contributed by atoms with E-state index in [0.29, 0.717) is 11.3 Å². The van der Waals surface area contributed by atoms with Crippen molar-refractivity contribution in [3.05, 3.63) is 47.8 Å². The van der Waals surface area contributed by atoms with Crippen LogP contribution in [0.15, 0.2) is 36.5 Å². The largest absolute Gasteiger partial charge is 0.494 e. The number of nitriles is 1. The molecule has 0 atom stereocenters. The summed E-state index contributed by atoms with van der Waals surface area (Å²) in [6.07, 6.45) is 2.40. The predicted molar refractivity (Wildman–Crippen MR) is 66.3 cm³/mol. The lowest BCUT2D eigenvalue weighted by atomic mass is 10.1. The van der Waals surface area contributed by atoms with Crippen molar-refractivity contribution in [3.63, 3.8) is 0 Å². The van der Waals surface area contributed by atoms with Gasteiger partial charge < -0.3 is 4.74 Å². The maximum atomic E-state index is 10.6. The summed E-state index contributed by atoms with van der Waals surface area (Å²) >= 11 is 0. The molecule has 2 aromatic rings. The molecule has 18 heavy (non-hydrogen) atoms. The molecule has 0 aliphatic carbocycles. The van der Waals surface area contributed by atoms with E-state index in [1.807, 2.05) is 18.2 Å². The lowest BCUT2D eigenvalue weighted by molar-refractivity contribution is 0.112. The van der Waals surface area contributed by atoms with Gasteiger partial charge in [0.2, 0.25) is 0 Å². The molecule has 0 saturated carbocycles. The van der Waals surface area contributed by atoms with E-state index in [4.69, 9.17) is 10.00 Å². The number of methoxy groups -OCH3 is 1. The van der Waals surface area contributed by atoms with Crippen molar-refractivity contribution < 1.29 is 9.53 Å². The Labute approximate surface area is 104 Å². The fraction of sp³-hybridized carbons (Fsp3) is 0.0714. The Morgan fingerprint density at radius 1 is 1.28 bits per heavy atom. The first-order valence-electron chi connectivity index (χ1n) is 5.28. The van der Waals surface area contributed by atoms with E-state index in [9.17, 15) is 4.79 Å². The highest BCUT2D eigenvalue weighted by molar-refractivity contribution is 5.77. The molecule has 0 radical (unpaired) electrons. The molecule has 1 aromatic heterocycles. The Morgan fingerprint density at radius 3 is 2.56 bits per heavy atom. The van der Waals surface area contributed by atoms with E-state index < -0.39 is 0 Å². The number of rotatable bonds is 3. The van der Waals surface area contributed by atoms with Crippen LogP contribution < -0.4 is 4.74 Å². The summed E-state index contributed by atoms with van der Waals surface area (Å²) in [5, 5.41) is 8.85. The van der Waals surface area contributed by atoms with Crippen molar-refractivity contribution in [2.75, 3.05) is 7.11 Å². The fourth-order valence-electron chi connectivity index (χ4n) is 1.60. The first kappa shape index (κ1) is 11.8. The Bertz CT molecular complexity index is 613. The van der Waals surface area contributed by atoms with E-state index in [2.05, 4.69) is 4.98 Å². The van der Waals surface area contributed by atoms with Crippen LogP contribution in [0.4, 0.5) is 0 Å². The average molecular weight is 238 g/mol. The molecule has 0 fully saturated rings. The number of hydrogen-bond donors (Lipinski definition) is 0. The van der Waals surface area contributed by atoms with E-state index in [1.54, 1.807) is 24.4 Å². The third-order valence-electron chi connectivity index (χ3n) is 2.56. The lowest BCUT2D eigenvalue weighted by Crippen LogP contribution is -1.92. The van der Waals surface area contributed by atoms with Crippen LogP contribution in [-0.2, 0) is 0 Å². The number of hydrogen-bond acceptors (Lipinski definition) is 4. The molecule has 4 nitrogen and oxygen atoms in total. The number of carbonyl (C=O) groups excluding carboxylic acids is 1. The summed E-state index contributed by atoms with van der Waals surface area (Å²) in [6.45, 7) is 0. The molecule has 1 aromatic carbocycles. The molecular weight excluding hydrogens is 228 g/mol. The number of aromatic nitrogens is 1. The van der Waals surface area contributed by atoms with Gasteiger partial charge in [-0.25, -0.2) is 4.98 Å². The highest BCUT2D eigenvalue weighted by Gasteiger charge is 2.06. The predicted octanol–water partition coefficient (Wildman–Crippen LogP) is 2.44. The second-order valence-electron chi connectivity index (χ2n) is 3.63. The van der Waals surface area contributed by atoms with Crippen LogP contribution in [0.3, 0.4) is 0 Å². The molecular formula is C14H10N2O2. The summed E-state index contributed by atoms with van der Waals surface area (Å²) in [6, 6.07) is 10.8. The first-order chi connectivity index (χ1) is 8.78. The Hall–Kier alpha value is -2.67. The van der Waals surface area contributed by atoms with Crippen molar-refractivity contribution in [1.29, 1.82) is 5.26 Å². The van der Waals surface area contributed by atoms with Gasteiger partial charge in [-0.2, -0.15) is 5.26 Å². The van der Waals surface area contributed by atoms with Crippen LogP contribution >= 0.6 is 0 Å². The van der Waals surface area contributed by atoms with Crippen molar-refractivity contribution in [2.24, 2.45) is 0 Å². The van der Waals surface area contributed by atoms with Gasteiger partial charge in [0.1, 0.15) is 12.4 Å². The highest BCUT2D eigenvalue weighted by atomic mass is 16.5. The second-order valence-corrected chi connectivity index (χ2v) is 3.63. The zero-order chi connectivity index (χ0) is 13.0. The normalized spacial score (nSPS) is 9.56. The lowest BCUT2D eigenvalue weighted by Gasteiger charge is -2.05. The summed E-state index contributed by atoms with van der Waals surface area (Å²) < 4.78 is 5.10. The third kappa shape index (κ3) is 2.20. The first-order valence-corrected chi connectivity index (χ1v) is 5.28. The number of aldehydes is 1. The number of carbonyl (C=O) groups is 1. The summed E-state index contributed by atoms with van der Waals surface area (Å²) in [4.78, 5) is 14.6. The van der Waals surface area contributed by atoms with Gasteiger partial charge in [-0.1, -0.05) is 24.3 Å². The summed E-state index contributed by atoms with van der Waals surface area (Å²) in [5.41, 5.74) is 2.62. The van der Waals surface area contributed by atoms with Crippen LogP contribution in [0.25, 0.3) is 11.1 Å².